The highest BCUT2D eigenvalue weighted by Gasteiger charge is 2.35. The Morgan fingerprint density at radius 1 is 1.43 bits per heavy atom. The number of hydrogen-bond donors (Lipinski definition) is 3. The lowest BCUT2D eigenvalue weighted by molar-refractivity contribution is -0.385. The Labute approximate surface area is 118 Å². The summed E-state index contributed by atoms with van der Waals surface area (Å²) in [6, 6.07) is 1.72. The first-order valence-corrected chi connectivity index (χ1v) is 6.16. The summed E-state index contributed by atoms with van der Waals surface area (Å²) in [5.74, 6) is -1.59. The van der Waals surface area contributed by atoms with Crippen LogP contribution in [-0.2, 0) is 0 Å². The van der Waals surface area contributed by atoms with Crippen molar-refractivity contribution in [3.63, 3.8) is 0 Å². The van der Waals surface area contributed by atoms with Gasteiger partial charge in [-0.15, -0.1) is 0 Å². The van der Waals surface area contributed by atoms with Crippen molar-refractivity contribution in [2.45, 2.75) is 12.2 Å². The summed E-state index contributed by atoms with van der Waals surface area (Å²) in [5, 5.41) is 32.3. The van der Waals surface area contributed by atoms with Crippen LogP contribution in [0.3, 0.4) is 0 Å². The maximum Gasteiger partial charge on any atom is 0.285 e. The molecule has 0 saturated carbocycles. The molecule has 0 aromatic heterocycles. The number of aliphatic hydroxyl groups is 2. The number of aliphatic hydroxyl groups excluding tert-OH is 2. The first-order valence-electron chi connectivity index (χ1n) is 6.16. The highest BCUT2D eigenvalue weighted by atomic mass is 19.1. The summed E-state index contributed by atoms with van der Waals surface area (Å²) in [7, 11) is 1.42. The van der Waals surface area contributed by atoms with Gasteiger partial charge in [-0.1, -0.05) is 0 Å². The average Bonchev–Trinajstić information content (AvgIpc) is 2.77. The molecule has 114 valence electrons. The lowest BCUT2D eigenvalue weighted by Gasteiger charge is -2.16. The molecule has 8 nitrogen and oxygen atoms in total. The largest absolute Gasteiger partial charge is 0.388 e. The van der Waals surface area contributed by atoms with Crippen molar-refractivity contribution < 1.29 is 24.3 Å². The molecule has 0 radical (unpaired) electrons. The number of rotatable bonds is 3. The van der Waals surface area contributed by atoms with Gasteiger partial charge in [0.1, 0.15) is 5.56 Å². The van der Waals surface area contributed by atoms with Gasteiger partial charge in [-0.25, -0.2) is 4.39 Å². The Morgan fingerprint density at radius 2 is 2.00 bits per heavy atom. The van der Waals surface area contributed by atoms with E-state index in [0.717, 1.165) is 11.0 Å². The van der Waals surface area contributed by atoms with Gasteiger partial charge in [0, 0.05) is 20.1 Å². The fourth-order valence-electron chi connectivity index (χ4n) is 2.18. The molecule has 3 N–H and O–H groups in total. The number of anilines is 1. The summed E-state index contributed by atoms with van der Waals surface area (Å²) < 4.78 is 13.6. The van der Waals surface area contributed by atoms with Gasteiger partial charge in [0.15, 0.2) is 5.82 Å². The zero-order valence-electron chi connectivity index (χ0n) is 11.1. The molecule has 0 aliphatic carbocycles. The van der Waals surface area contributed by atoms with Crippen LogP contribution in [0, 0.1) is 15.9 Å². The van der Waals surface area contributed by atoms with Crippen LogP contribution in [0.5, 0.6) is 0 Å². The van der Waals surface area contributed by atoms with Crippen molar-refractivity contribution >= 4 is 17.3 Å². The number of nitro groups is 1. The Hall–Kier alpha value is -2.26. The first kappa shape index (κ1) is 15.1. The zero-order valence-corrected chi connectivity index (χ0v) is 11.1. The molecule has 1 fully saturated rings. The van der Waals surface area contributed by atoms with Gasteiger partial charge in [-0.2, -0.15) is 0 Å². The number of hydrogen-bond acceptors (Lipinski definition) is 6. The Kier molecular flexibility index (Phi) is 4.05. The number of nitrogens with one attached hydrogen (secondary N) is 1. The van der Waals surface area contributed by atoms with Gasteiger partial charge in [-0.3, -0.25) is 14.9 Å². The van der Waals surface area contributed by atoms with Gasteiger partial charge in [-0.05, 0) is 6.07 Å². The Bertz CT molecular complexity index is 585. The molecule has 2 unspecified atom stereocenters. The van der Waals surface area contributed by atoms with Crippen molar-refractivity contribution in [2.24, 2.45) is 0 Å². The lowest BCUT2D eigenvalue weighted by atomic mass is 10.1. The molecule has 1 saturated heterocycles. The summed E-state index contributed by atoms with van der Waals surface area (Å²) in [5.41, 5.74) is -1.01. The third-order valence-electron chi connectivity index (χ3n) is 3.33. The molecule has 1 heterocycles. The maximum absolute atomic E-state index is 13.6. The molecule has 1 aromatic carbocycles. The van der Waals surface area contributed by atoms with E-state index >= 15 is 0 Å². The van der Waals surface area contributed by atoms with E-state index in [4.69, 9.17) is 0 Å². The van der Waals surface area contributed by atoms with E-state index in [1.165, 1.54) is 7.05 Å². The first-order chi connectivity index (χ1) is 9.85. The summed E-state index contributed by atoms with van der Waals surface area (Å²) >= 11 is 0. The van der Waals surface area contributed by atoms with Gasteiger partial charge >= 0.3 is 0 Å². The van der Waals surface area contributed by atoms with Crippen LogP contribution in [-0.4, -0.2) is 58.3 Å². The number of carbonyl (C=O) groups is 1. The number of benzene rings is 1. The standard InChI is InChI=1S/C12H14FN3O5/c1-14-8-2-6(9(16(20)21)3-7(8)13)12(19)15-4-10(17)11(18)5-15/h2-3,10-11,14,17-18H,4-5H2,1H3. The van der Waals surface area contributed by atoms with E-state index in [1.54, 1.807) is 0 Å². The van der Waals surface area contributed by atoms with E-state index in [2.05, 4.69) is 5.32 Å². The number of β-amino-alcohol motifs (C(OH)–C–C–N with tert-alkyl or cyclic N) is 2. The van der Waals surface area contributed by atoms with Crippen LogP contribution < -0.4 is 5.32 Å². The van der Waals surface area contributed by atoms with Crippen LogP contribution in [0.4, 0.5) is 15.8 Å². The molecular formula is C12H14FN3O5. The van der Waals surface area contributed by atoms with Crippen molar-refractivity contribution in [1.29, 1.82) is 0 Å². The van der Waals surface area contributed by atoms with Crippen LogP contribution in [0.15, 0.2) is 12.1 Å². The highest BCUT2D eigenvalue weighted by molar-refractivity contribution is 5.99. The third kappa shape index (κ3) is 2.78. The SMILES string of the molecule is CNc1cc(C(=O)N2CC(O)C(O)C2)c([N+](=O)[O-])cc1F. The average molecular weight is 299 g/mol. The number of carbonyl (C=O) groups excluding carboxylic acids is 1. The molecule has 1 aromatic rings. The molecule has 1 amide bonds. The normalized spacial score (nSPS) is 21.4. The minimum Gasteiger partial charge on any atom is -0.388 e. The van der Waals surface area contributed by atoms with E-state index in [0.29, 0.717) is 6.07 Å². The molecular weight excluding hydrogens is 285 g/mol. The number of nitrogens with zero attached hydrogens (tertiary/aromatic N) is 2. The van der Waals surface area contributed by atoms with Crippen molar-refractivity contribution in [1.82, 2.24) is 4.90 Å². The quantitative estimate of drug-likeness (QED) is 0.532. The minimum absolute atomic E-state index is 0.0516. The summed E-state index contributed by atoms with van der Waals surface area (Å²) in [6.07, 6.45) is -2.20. The summed E-state index contributed by atoms with van der Waals surface area (Å²) in [4.78, 5) is 23.5. The van der Waals surface area contributed by atoms with Gasteiger partial charge in [0.25, 0.3) is 11.6 Å². The fourth-order valence-corrected chi connectivity index (χ4v) is 2.18. The number of amides is 1. The van der Waals surface area contributed by atoms with E-state index in [-0.39, 0.29) is 24.3 Å². The van der Waals surface area contributed by atoms with Crippen molar-refractivity contribution in [3.8, 4) is 0 Å². The van der Waals surface area contributed by atoms with Crippen LogP contribution >= 0.6 is 0 Å². The second-order valence-corrected chi connectivity index (χ2v) is 4.70. The van der Waals surface area contributed by atoms with Gasteiger partial charge in [0.2, 0.25) is 0 Å². The van der Waals surface area contributed by atoms with Gasteiger partial charge < -0.3 is 20.4 Å². The van der Waals surface area contributed by atoms with Crippen LogP contribution in [0.1, 0.15) is 10.4 Å². The number of nitro benzene ring substituents is 1. The van der Waals surface area contributed by atoms with Crippen LogP contribution in [0.25, 0.3) is 0 Å². The summed E-state index contributed by atoms with van der Waals surface area (Å²) in [6.45, 7) is -0.271. The fraction of sp³-hybridized carbons (Fsp3) is 0.417. The molecule has 9 heteroatoms. The number of likely N-dealkylation sites (tertiary alicyclic amines) is 1. The Balaban J connectivity index is 2.42. The zero-order chi connectivity index (χ0) is 15.7. The molecule has 1 aliphatic rings. The molecule has 2 rings (SSSR count). The molecule has 0 spiro atoms. The van der Waals surface area contributed by atoms with Gasteiger partial charge in [0.05, 0.1) is 28.9 Å². The highest BCUT2D eigenvalue weighted by Crippen LogP contribution is 2.28. The van der Waals surface area contributed by atoms with Crippen molar-refractivity contribution in [2.75, 3.05) is 25.5 Å². The maximum atomic E-state index is 13.6. The lowest BCUT2D eigenvalue weighted by Crippen LogP contribution is -2.30. The van der Waals surface area contributed by atoms with E-state index < -0.39 is 34.5 Å². The molecule has 0 bridgehead atoms. The predicted molar refractivity (Wildman–Crippen MR) is 70.5 cm³/mol. The van der Waals surface area contributed by atoms with E-state index in [9.17, 15) is 29.5 Å². The van der Waals surface area contributed by atoms with Crippen LogP contribution in [0.2, 0.25) is 0 Å². The third-order valence-corrected chi connectivity index (χ3v) is 3.33. The minimum atomic E-state index is -1.10. The molecule has 21 heavy (non-hydrogen) atoms. The van der Waals surface area contributed by atoms with Crippen molar-refractivity contribution in [3.05, 3.63) is 33.6 Å². The van der Waals surface area contributed by atoms with E-state index in [1.807, 2.05) is 0 Å². The smallest absolute Gasteiger partial charge is 0.285 e. The monoisotopic (exact) mass is 299 g/mol. The number of halogens is 1. The molecule has 1 aliphatic heterocycles. The second kappa shape index (κ2) is 5.62. The molecule has 2 atom stereocenters. The second-order valence-electron chi connectivity index (χ2n) is 4.70. The topological polar surface area (TPSA) is 116 Å². The predicted octanol–water partition coefficient (Wildman–Crippen LogP) is -0.0468. The Morgan fingerprint density at radius 3 is 2.48 bits per heavy atom.